The smallest absolute Gasteiger partial charge is 0.330 e. The Kier molecular flexibility index (Phi) is 4.03. The minimum atomic E-state index is -0.237. The third-order valence-electron chi connectivity index (χ3n) is 3.15. The molecule has 0 fully saturated rings. The van der Waals surface area contributed by atoms with Gasteiger partial charge in [0.1, 0.15) is 5.75 Å². The standard InChI is InChI=1S/C15H18O3/c1-3-18-15(16)9-11-4-5-12-6-7-14(17-2)10-13(12)8-11/h6-7,9-10H,3-5,8H2,1-2H3/b11-9-. The number of carbonyl (C=O) groups excluding carboxylic acids is 1. The fraction of sp³-hybridized carbons (Fsp3) is 0.400. The lowest BCUT2D eigenvalue weighted by Crippen LogP contribution is -2.09. The summed E-state index contributed by atoms with van der Waals surface area (Å²) in [5.74, 6) is 0.630. The summed E-state index contributed by atoms with van der Waals surface area (Å²) in [6.07, 6.45) is 4.35. The van der Waals surface area contributed by atoms with Crippen LogP contribution >= 0.6 is 0 Å². The molecule has 0 saturated carbocycles. The summed E-state index contributed by atoms with van der Waals surface area (Å²) in [7, 11) is 1.67. The van der Waals surface area contributed by atoms with Crippen LogP contribution in [-0.2, 0) is 22.4 Å². The molecule has 0 amide bonds. The lowest BCUT2D eigenvalue weighted by atomic mass is 9.88. The van der Waals surface area contributed by atoms with E-state index in [1.54, 1.807) is 13.2 Å². The van der Waals surface area contributed by atoms with E-state index in [4.69, 9.17) is 9.47 Å². The van der Waals surface area contributed by atoms with E-state index in [-0.39, 0.29) is 5.97 Å². The van der Waals surface area contributed by atoms with Crippen LogP contribution in [0, 0.1) is 0 Å². The predicted molar refractivity (Wildman–Crippen MR) is 69.7 cm³/mol. The summed E-state index contributed by atoms with van der Waals surface area (Å²) in [4.78, 5) is 11.4. The van der Waals surface area contributed by atoms with Crippen molar-refractivity contribution in [3.05, 3.63) is 41.0 Å². The monoisotopic (exact) mass is 246 g/mol. The van der Waals surface area contributed by atoms with Crippen LogP contribution in [-0.4, -0.2) is 19.7 Å². The highest BCUT2D eigenvalue weighted by molar-refractivity contribution is 5.83. The van der Waals surface area contributed by atoms with E-state index < -0.39 is 0 Å². The molecule has 0 aliphatic heterocycles. The maximum absolute atomic E-state index is 11.4. The Morgan fingerprint density at radius 3 is 2.89 bits per heavy atom. The highest BCUT2D eigenvalue weighted by Crippen LogP contribution is 2.28. The van der Waals surface area contributed by atoms with Gasteiger partial charge in [-0.05, 0) is 49.4 Å². The first-order valence-electron chi connectivity index (χ1n) is 6.25. The maximum Gasteiger partial charge on any atom is 0.330 e. The summed E-state index contributed by atoms with van der Waals surface area (Å²) in [5, 5.41) is 0. The van der Waals surface area contributed by atoms with E-state index in [1.807, 2.05) is 19.1 Å². The largest absolute Gasteiger partial charge is 0.497 e. The van der Waals surface area contributed by atoms with Crippen LogP contribution in [0.2, 0.25) is 0 Å². The number of ether oxygens (including phenoxy) is 2. The number of hydrogen-bond donors (Lipinski definition) is 0. The molecular weight excluding hydrogens is 228 g/mol. The van der Waals surface area contributed by atoms with Gasteiger partial charge in [0.05, 0.1) is 13.7 Å². The summed E-state index contributed by atoms with van der Waals surface area (Å²) < 4.78 is 10.2. The second-order valence-corrected chi connectivity index (χ2v) is 4.37. The van der Waals surface area contributed by atoms with Gasteiger partial charge in [-0.3, -0.25) is 0 Å². The van der Waals surface area contributed by atoms with Gasteiger partial charge in [-0.15, -0.1) is 0 Å². The van der Waals surface area contributed by atoms with Gasteiger partial charge in [-0.25, -0.2) is 4.79 Å². The molecule has 1 aromatic carbocycles. The molecule has 1 aliphatic carbocycles. The number of fused-ring (bicyclic) bond motifs is 1. The van der Waals surface area contributed by atoms with Crippen LogP contribution in [0.4, 0.5) is 0 Å². The number of hydrogen-bond acceptors (Lipinski definition) is 3. The molecule has 1 aromatic rings. The summed E-state index contributed by atoms with van der Waals surface area (Å²) in [5.41, 5.74) is 3.72. The molecular formula is C15H18O3. The zero-order chi connectivity index (χ0) is 13.0. The fourth-order valence-corrected chi connectivity index (χ4v) is 2.24. The van der Waals surface area contributed by atoms with Crippen LogP contribution in [0.25, 0.3) is 0 Å². The maximum atomic E-state index is 11.4. The molecule has 3 heteroatoms. The van der Waals surface area contributed by atoms with Gasteiger partial charge in [-0.2, -0.15) is 0 Å². The van der Waals surface area contributed by atoms with Crippen molar-refractivity contribution in [3.8, 4) is 5.75 Å². The number of methoxy groups -OCH3 is 1. The first-order chi connectivity index (χ1) is 8.72. The molecule has 0 saturated heterocycles. The third kappa shape index (κ3) is 2.92. The van der Waals surface area contributed by atoms with Crippen LogP contribution in [0.3, 0.4) is 0 Å². The molecule has 1 aliphatic rings. The Morgan fingerprint density at radius 2 is 2.17 bits per heavy atom. The normalized spacial score (nSPS) is 16.2. The Bertz CT molecular complexity index is 475. The molecule has 0 bridgehead atoms. The zero-order valence-corrected chi connectivity index (χ0v) is 10.9. The van der Waals surface area contributed by atoms with E-state index in [9.17, 15) is 4.79 Å². The molecule has 0 radical (unpaired) electrons. The summed E-state index contributed by atoms with van der Waals surface area (Å²) in [6.45, 7) is 2.24. The van der Waals surface area contributed by atoms with Crippen LogP contribution < -0.4 is 4.74 Å². The van der Waals surface area contributed by atoms with Crippen molar-refractivity contribution in [1.29, 1.82) is 0 Å². The lowest BCUT2D eigenvalue weighted by molar-refractivity contribution is -0.137. The molecule has 2 rings (SSSR count). The quantitative estimate of drug-likeness (QED) is 0.607. The van der Waals surface area contributed by atoms with Gasteiger partial charge in [0, 0.05) is 6.08 Å². The van der Waals surface area contributed by atoms with Crippen LogP contribution in [0.5, 0.6) is 5.75 Å². The van der Waals surface area contributed by atoms with E-state index >= 15 is 0 Å². The van der Waals surface area contributed by atoms with Gasteiger partial charge < -0.3 is 9.47 Å². The van der Waals surface area contributed by atoms with Gasteiger partial charge in [-0.1, -0.05) is 11.6 Å². The molecule has 0 aromatic heterocycles. The Labute approximate surface area is 107 Å². The van der Waals surface area contributed by atoms with E-state index in [0.717, 1.165) is 30.6 Å². The van der Waals surface area contributed by atoms with Crippen molar-refractivity contribution in [3.63, 3.8) is 0 Å². The fourth-order valence-electron chi connectivity index (χ4n) is 2.24. The first-order valence-corrected chi connectivity index (χ1v) is 6.25. The summed E-state index contributed by atoms with van der Waals surface area (Å²) in [6, 6.07) is 6.14. The Morgan fingerprint density at radius 1 is 1.33 bits per heavy atom. The van der Waals surface area contributed by atoms with Gasteiger partial charge in [0.15, 0.2) is 0 Å². The second kappa shape index (κ2) is 5.71. The number of esters is 1. The Hall–Kier alpha value is -1.77. The molecule has 18 heavy (non-hydrogen) atoms. The highest BCUT2D eigenvalue weighted by atomic mass is 16.5. The van der Waals surface area contributed by atoms with Crippen LogP contribution in [0.1, 0.15) is 24.5 Å². The van der Waals surface area contributed by atoms with E-state index in [2.05, 4.69) is 6.07 Å². The average molecular weight is 246 g/mol. The lowest BCUT2D eigenvalue weighted by Gasteiger charge is -2.19. The number of benzene rings is 1. The predicted octanol–water partition coefficient (Wildman–Crippen LogP) is 2.67. The highest BCUT2D eigenvalue weighted by Gasteiger charge is 2.14. The number of rotatable bonds is 3. The van der Waals surface area contributed by atoms with Crippen molar-refractivity contribution in [2.24, 2.45) is 0 Å². The van der Waals surface area contributed by atoms with Crippen molar-refractivity contribution in [2.45, 2.75) is 26.2 Å². The second-order valence-electron chi connectivity index (χ2n) is 4.37. The SMILES string of the molecule is CCOC(=O)/C=C1/CCc2ccc(OC)cc2C1. The molecule has 96 valence electrons. The molecule has 0 unspecified atom stereocenters. The number of aryl methyl sites for hydroxylation is 1. The summed E-state index contributed by atoms with van der Waals surface area (Å²) >= 11 is 0. The molecule has 3 nitrogen and oxygen atoms in total. The van der Waals surface area contributed by atoms with Crippen molar-refractivity contribution in [1.82, 2.24) is 0 Å². The molecule has 0 atom stereocenters. The Balaban J connectivity index is 2.15. The van der Waals surface area contributed by atoms with Gasteiger partial charge in [0.2, 0.25) is 0 Å². The minimum absolute atomic E-state index is 0.237. The molecule has 0 spiro atoms. The van der Waals surface area contributed by atoms with Crippen molar-refractivity contribution in [2.75, 3.05) is 13.7 Å². The number of carbonyl (C=O) groups is 1. The molecule has 0 N–H and O–H groups in total. The van der Waals surface area contributed by atoms with Crippen molar-refractivity contribution >= 4 is 5.97 Å². The van der Waals surface area contributed by atoms with Gasteiger partial charge in [0.25, 0.3) is 0 Å². The molecule has 0 heterocycles. The topological polar surface area (TPSA) is 35.5 Å². The first kappa shape index (κ1) is 12.7. The number of allylic oxidation sites excluding steroid dienone is 1. The average Bonchev–Trinajstić information content (AvgIpc) is 2.38. The third-order valence-corrected chi connectivity index (χ3v) is 3.15. The van der Waals surface area contributed by atoms with E-state index in [1.165, 1.54) is 11.1 Å². The minimum Gasteiger partial charge on any atom is -0.497 e. The van der Waals surface area contributed by atoms with Crippen LogP contribution in [0.15, 0.2) is 29.8 Å². The zero-order valence-electron chi connectivity index (χ0n) is 10.9. The van der Waals surface area contributed by atoms with Gasteiger partial charge >= 0.3 is 5.97 Å². The van der Waals surface area contributed by atoms with E-state index in [0.29, 0.717) is 6.61 Å². The van der Waals surface area contributed by atoms with Crippen molar-refractivity contribution < 1.29 is 14.3 Å².